The Bertz CT molecular complexity index is 1300. The van der Waals surface area contributed by atoms with Crippen LogP contribution in [-0.4, -0.2) is 72.2 Å². The molecule has 4 unspecified atom stereocenters. The molecular formula is C38H61NO8. The van der Waals surface area contributed by atoms with Gasteiger partial charge in [0, 0.05) is 5.41 Å². The predicted molar refractivity (Wildman–Crippen MR) is 178 cm³/mol. The maximum atomic E-state index is 14.7. The van der Waals surface area contributed by atoms with Crippen molar-refractivity contribution >= 4 is 17.8 Å². The molecule has 4 N–H and O–H groups in total. The average Bonchev–Trinajstić information content (AvgIpc) is 3.05. The molecule has 0 saturated heterocycles. The van der Waals surface area contributed by atoms with Crippen LogP contribution < -0.4 is 5.32 Å². The molecule has 0 aromatic heterocycles. The number of fused-ring (bicyclic) bond motifs is 7. The van der Waals surface area contributed by atoms with Crippen molar-refractivity contribution in [1.29, 1.82) is 0 Å². The van der Waals surface area contributed by atoms with Gasteiger partial charge in [-0.25, -0.2) is 4.79 Å². The minimum atomic E-state index is -0.975. The second-order valence-corrected chi connectivity index (χ2v) is 17.5. The van der Waals surface area contributed by atoms with E-state index in [4.69, 9.17) is 9.47 Å². The first-order chi connectivity index (χ1) is 21.9. The highest BCUT2D eigenvalue weighted by atomic mass is 16.5. The Labute approximate surface area is 281 Å². The van der Waals surface area contributed by atoms with Crippen molar-refractivity contribution < 1.29 is 39.2 Å². The van der Waals surface area contributed by atoms with Gasteiger partial charge in [0.2, 0.25) is 5.91 Å². The van der Waals surface area contributed by atoms with Gasteiger partial charge in [0.05, 0.1) is 43.9 Å². The number of hydrogen-bond donors (Lipinski definition) is 4. The first kappa shape index (κ1) is 36.3. The maximum Gasteiger partial charge on any atom is 0.328 e. The molecule has 13 atom stereocenters. The Balaban J connectivity index is 1.60. The lowest BCUT2D eigenvalue weighted by atomic mass is 9.33. The van der Waals surface area contributed by atoms with Gasteiger partial charge in [-0.05, 0) is 105 Å². The Kier molecular flexibility index (Phi) is 9.36. The number of carbonyl (C=O) groups excluding carboxylic acids is 3. The smallest absolute Gasteiger partial charge is 0.328 e. The Morgan fingerprint density at radius 1 is 0.957 bits per heavy atom. The topological polar surface area (TPSA) is 142 Å². The van der Waals surface area contributed by atoms with Gasteiger partial charge in [0.15, 0.2) is 0 Å². The van der Waals surface area contributed by atoms with Crippen LogP contribution in [0.1, 0.15) is 113 Å². The van der Waals surface area contributed by atoms with Crippen molar-refractivity contribution in [1.82, 2.24) is 5.32 Å². The van der Waals surface area contributed by atoms with Gasteiger partial charge in [0.25, 0.3) is 0 Å². The van der Waals surface area contributed by atoms with Gasteiger partial charge in [-0.15, -0.1) is 0 Å². The van der Waals surface area contributed by atoms with Crippen molar-refractivity contribution in [3.63, 3.8) is 0 Å². The fourth-order valence-corrected chi connectivity index (χ4v) is 12.1. The molecule has 0 spiro atoms. The fraction of sp³-hybridized carbons (Fsp3) is 0.868. The summed E-state index contributed by atoms with van der Waals surface area (Å²) in [6, 6.07) is -0.749. The van der Waals surface area contributed by atoms with Crippen LogP contribution in [0.15, 0.2) is 11.6 Å². The highest BCUT2D eigenvalue weighted by molar-refractivity contribution is 5.89. The quantitative estimate of drug-likeness (QED) is 0.222. The van der Waals surface area contributed by atoms with E-state index in [1.54, 1.807) is 0 Å². The molecule has 4 fully saturated rings. The van der Waals surface area contributed by atoms with Crippen molar-refractivity contribution in [2.45, 2.75) is 131 Å². The van der Waals surface area contributed by atoms with Crippen LogP contribution in [0, 0.1) is 56.2 Å². The number of ether oxygens (including phenoxy) is 2. The molecule has 9 heteroatoms. The molecule has 1 amide bonds. The Morgan fingerprint density at radius 2 is 1.62 bits per heavy atom. The summed E-state index contributed by atoms with van der Waals surface area (Å²) in [5.41, 5.74) is -1.82. The van der Waals surface area contributed by atoms with Crippen LogP contribution in [-0.2, 0) is 23.9 Å². The molecule has 0 aliphatic heterocycles. The third-order valence-corrected chi connectivity index (χ3v) is 15.6. The van der Waals surface area contributed by atoms with Crippen molar-refractivity contribution in [2.75, 3.05) is 20.8 Å². The summed E-state index contributed by atoms with van der Waals surface area (Å²) in [5, 5.41) is 36.0. The van der Waals surface area contributed by atoms with E-state index in [-0.39, 0.29) is 58.4 Å². The normalized spacial score (nSPS) is 47.1. The standard InChI is InChI=1S/C38H61NO8/c1-10-22(2)28(30(43)46-8)39-31(44)38-17-15-33(3,32(45)47-9)19-24(38)23-11-12-27-34(4)20-25(41)29(42)35(5,21-40)26(34)13-14-37(27,7)36(23,6)16-18-38/h11,22,24-29,40-42H,10,12-21H2,1-9H3,(H,39,44)/t22?,24?,25-,26?,27?,28+,29-,33-,34-,35-,36+,37+,38-/m0/s1. The highest BCUT2D eigenvalue weighted by Gasteiger charge is 2.71. The first-order valence-electron chi connectivity index (χ1n) is 18.0. The second-order valence-electron chi connectivity index (χ2n) is 17.5. The summed E-state index contributed by atoms with van der Waals surface area (Å²) >= 11 is 0. The summed E-state index contributed by atoms with van der Waals surface area (Å²) in [6.45, 7) is 14.7. The molecule has 0 aromatic carbocycles. The van der Waals surface area contributed by atoms with Crippen LogP contribution in [0.3, 0.4) is 0 Å². The number of aliphatic hydroxyl groups is 3. The van der Waals surface area contributed by atoms with E-state index in [9.17, 15) is 29.7 Å². The fourth-order valence-electron chi connectivity index (χ4n) is 12.1. The van der Waals surface area contributed by atoms with E-state index in [2.05, 4.69) is 32.2 Å². The molecule has 5 rings (SSSR count). The number of nitrogens with one attached hydrogen (secondary N) is 1. The van der Waals surface area contributed by atoms with Crippen LogP contribution in [0.25, 0.3) is 0 Å². The zero-order valence-electron chi connectivity index (χ0n) is 30.3. The number of hydrogen-bond acceptors (Lipinski definition) is 8. The molecule has 0 bridgehead atoms. The molecule has 47 heavy (non-hydrogen) atoms. The largest absolute Gasteiger partial charge is 0.469 e. The lowest BCUT2D eigenvalue weighted by Gasteiger charge is -2.71. The zero-order chi connectivity index (χ0) is 35.0. The molecule has 266 valence electrons. The summed E-state index contributed by atoms with van der Waals surface area (Å²) in [7, 11) is 2.79. The zero-order valence-corrected chi connectivity index (χ0v) is 30.3. The van der Waals surface area contributed by atoms with Gasteiger partial charge in [-0.3, -0.25) is 9.59 Å². The average molecular weight is 660 g/mol. The Morgan fingerprint density at radius 3 is 2.21 bits per heavy atom. The molecule has 5 aliphatic carbocycles. The summed E-state index contributed by atoms with van der Waals surface area (Å²) in [4.78, 5) is 40.8. The van der Waals surface area contributed by atoms with Crippen molar-refractivity contribution in [3.05, 3.63) is 11.6 Å². The lowest BCUT2D eigenvalue weighted by Crippen LogP contribution is -2.68. The minimum absolute atomic E-state index is 0.0524. The van der Waals surface area contributed by atoms with Gasteiger partial charge in [-0.1, -0.05) is 59.6 Å². The number of esters is 2. The van der Waals surface area contributed by atoms with E-state index < -0.39 is 40.5 Å². The highest BCUT2D eigenvalue weighted by Crippen LogP contribution is 2.75. The van der Waals surface area contributed by atoms with Crippen molar-refractivity contribution in [2.24, 2.45) is 56.2 Å². The number of rotatable bonds is 7. The SMILES string of the molecule is CCC(C)[C@@H](NC(=O)[C@]12CC[C@](C)(C(=O)OC)CC1C1=CCC3[C@@]4(C)C[C@H](O)[C@H](O)[C@@](C)(CO)C4CC[C@@]3(C)[C@]1(C)CC2)C(=O)OC. The molecule has 4 saturated carbocycles. The molecule has 0 radical (unpaired) electrons. The summed E-state index contributed by atoms with van der Waals surface area (Å²) < 4.78 is 10.5. The van der Waals surface area contributed by atoms with Gasteiger partial charge in [0.1, 0.15) is 6.04 Å². The lowest BCUT2D eigenvalue weighted by molar-refractivity contribution is -0.243. The third kappa shape index (κ3) is 4.98. The summed E-state index contributed by atoms with van der Waals surface area (Å²) in [5.74, 6) is -0.880. The predicted octanol–water partition coefficient (Wildman–Crippen LogP) is 4.95. The van der Waals surface area contributed by atoms with Crippen LogP contribution in [0.2, 0.25) is 0 Å². The van der Waals surface area contributed by atoms with E-state index in [1.807, 2.05) is 27.7 Å². The number of carbonyl (C=O) groups is 3. The molecule has 9 nitrogen and oxygen atoms in total. The molecular weight excluding hydrogens is 598 g/mol. The molecule has 0 aromatic rings. The van der Waals surface area contributed by atoms with Crippen LogP contribution >= 0.6 is 0 Å². The minimum Gasteiger partial charge on any atom is -0.469 e. The number of allylic oxidation sites excluding steroid dienone is 2. The Hall–Kier alpha value is -1.97. The molecule has 5 aliphatic rings. The number of methoxy groups -OCH3 is 2. The first-order valence-corrected chi connectivity index (χ1v) is 18.0. The van der Waals surface area contributed by atoms with E-state index in [0.717, 1.165) is 25.7 Å². The maximum absolute atomic E-state index is 14.7. The van der Waals surface area contributed by atoms with E-state index in [0.29, 0.717) is 38.5 Å². The van der Waals surface area contributed by atoms with Crippen molar-refractivity contribution in [3.8, 4) is 0 Å². The monoisotopic (exact) mass is 659 g/mol. The van der Waals surface area contributed by atoms with Crippen LogP contribution in [0.5, 0.6) is 0 Å². The summed E-state index contributed by atoms with van der Waals surface area (Å²) in [6.07, 6.45) is 7.14. The van der Waals surface area contributed by atoms with Crippen LogP contribution in [0.4, 0.5) is 0 Å². The van der Waals surface area contributed by atoms with Gasteiger partial charge in [-0.2, -0.15) is 0 Å². The van der Waals surface area contributed by atoms with Gasteiger partial charge < -0.3 is 30.1 Å². The van der Waals surface area contributed by atoms with E-state index >= 15 is 0 Å². The second kappa shape index (κ2) is 12.1. The van der Waals surface area contributed by atoms with E-state index in [1.165, 1.54) is 19.8 Å². The molecule has 0 heterocycles. The van der Waals surface area contributed by atoms with Gasteiger partial charge >= 0.3 is 11.9 Å². The number of amides is 1. The third-order valence-electron chi connectivity index (χ3n) is 15.6. The number of aliphatic hydroxyl groups excluding tert-OH is 3.